The number of nitrogens with one attached hydrogen (secondary N) is 1. The summed E-state index contributed by atoms with van der Waals surface area (Å²) in [6.07, 6.45) is 0.892. The van der Waals surface area contributed by atoms with Crippen LogP contribution in [-0.4, -0.2) is 36.7 Å². The van der Waals surface area contributed by atoms with Crippen molar-refractivity contribution in [3.63, 3.8) is 0 Å². The van der Waals surface area contributed by atoms with Crippen LogP contribution in [0.5, 0.6) is 0 Å². The van der Waals surface area contributed by atoms with Gasteiger partial charge in [0.15, 0.2) is 0 Å². The van der Waals surface area contributed by atoms with Crippen molar-refractivity contribution in [3.05, 3.63) is 53.3 Å². The number of hydrogen-bond donors (Lipinski definition) is 1. The van der Waals surface area contributed by atoms with Crippen LogP contribution in [0.2, 0.25) is 0 Å². The highest BCUT2D eigenvalue weighted by Gasteiger charge is 2.08. The first-order chi connectivity index (χ1) is 10.7. The van der Waals surface area contributed by atoms with Crippen LogP contribution in [0.1, 0.15) is 17.0 Å². The maximum absolute atomic E-state index is 4.30. The van der Waals surface area contributed by atoms with Gasteiger partial charge in [-0.05, 0) is 31.9 Å². The number of hydrogen-bond acceptors (Lipinski definition) is 6. The second kappa shape index (κ2) is 6.30. The summed E-state index contributed by atoms with van der Waals surface area (Å²) in [7, 11) is 0. The first kappa shape index (κ1) is 14.1. The fraction of sp³-hybridized carbons (Fsp3) is 0.267. The monoisotopic (exact) mass is 295 g/mol. The summed E-state index contributed by atoms with van der Waals surface area (Å²) in [6.45, 7) is 4.59. The van der Waals surface area contributed by atoms with E-state index in [0.29, 0.717) is 11.9 Å². The molecule has 0 amide bonds. The molecule has 0 atom stereocenters. The molecule has 2 heterocycles. The molecule has 22 heavy (non-hydrogen) atoms. The van der Waals surface area contributed by atoms with Gasteiger partial charge in [0.25, 0.3) is 11.9 Å². The maximum atomic E-state index is 4.30. The Bertz CT molecular complexity index is 734. The van der Waals surface area contributed by atoms with Crippen molar-refractivity contribution in [2.24, 2.45) is 0 Å². The highest BCUT2D eigenvalue weighted by atomic mass is 15.5. The Morgan fingerprint density at radius 2 is 1.73 bits per heavy atom. The van der Waals surface area contributed by atoms with Crippen LogP contribution in [0.3, 0.4) is 0 Å². The van der Waals surface area contributed by atoms with Crippen LogP contribution >= 0.6 is 0 Å². The Balaban J connectivity index is 1.61. The zero-order chi connectivity index (χ0) is 15.4. The van der Waals surface area contributed by atoms with E-state index in [9.17, 15) is 0 Å². The van der Waals surface area contributed by atoms with Gasteiger partial charge in [-0.2, -0.15) is 5.10 Å². The lowest BCUT2D eigenvalue weighted by molar-refractivity contribution is 0.710. The first-order valence-corrected chi connectivity index (χ1v) is 7.11. The molecule has 7 nitrogen and oxygen atoms in total. The molecular formula is C15H17N7. The number of rotatable bonds is 5. The van der Waals surface area contributed by atoms with Gasteiger partial charge in [-0.1, -0.05) is 30.3 Å². The van der Waals surface area contributed by atoms with Gasteiger partial charge in [-0.3, -0.25) is 0 Å². The lowest BCUT2D eigenvalue weighted by Crippen LogP contribution is -2.13. The van der Waals surface area contributed by atoms with Crippen molar-refractivity contribution in [1.82, 2.24) is 30.2 Å². The van der Waals surface area contributed by atoms with Crippen molar-refractivity contribution in [2.75, 3.05) is 11.9 Å². The van der Waals surface area contributed by atoms with Gasteiger partial charge < -0.3 is 5.32 Å². The second-order valence-electron chi connectivity index (χ2n) is 5.02. The summed E-state index contributed by atoms with van der Waals surface area (Å²) in [5.74, 6) is 0.792. The summed E-state index contributed by atoms with van der Waals surface area (Å²) in [5.41, 5.74) is 3.12. The quantitative estimate of drug-likeness (QED) is 0.772. The zero-order valence-corrected chi connectivity index (χ0v) is 12.6. The van der Waals surface area contributed by atoms with Crippen LogP contribution in [0.15, 0.2) is 36.4 Å². The van der Waals surface area contributed by atoms with E-state index in [0.717, 1.165) is 24.4 Å². The Morgan fingerprint density at radius 3 is 2.36 bits per heavy atom. The first-order valence-electron chi connectivity index (χ1n) is 7.11. The summed E-state index contributed by atoms with van der Waals surface area (Å²) < 4.78 is 1.63. The highest BCUT2D eigenvalue weighted by molar-refractivity contribution is 5.23. The Hall–Kier alpha value is -2.83. The fourth-order valence-corrected chi connectivity index (χ4v) is 2.17. The minimum absolute atomic E-state index is 0.374. The largest absolute Gasteiger partial charge is 0.351 e. The third-order valence-corrected chi connectivity index (χ3v) is 3.21. The smallest absolute Gasteiger partial charge is 0.289 e. The average molecular weight is 295 g/mol. The van der Waals surface area contributed by atoms with E-state index in [4.69, 9.17) is 0 Å². The van der Waals surface area contributed by atoms with E-state index in [1.165, 1.54) is 5.56 Å². The van der Waals surface area contributed by atoms with E-state index in [2.05, 4.69) is 42.9 Å². The van der Waals surface area contributed by atoms with Crippen molar-refractivity contribution in [2.45, 2.75) is 20.3 Å². The van der Waals surface area contributed by atoms with Crippen LogP contribution < -0.4 is 5.32 Å². The van der Waals surface area contributed by atoms with Crippen LogP contribution in [0.25, 0.3) is 5.95 Å². The normalized spacial score (nSPS) is 10.6. The van der Waals surface area contributed by atoms with Gasteiger partial charge in [0.05, 0.1) is 5.69 Å². The number of anilines is 1. The molecule has 0 aliphatic heterocycles. The Kier molecular flexibility index (Phi) is 4.04. The van der Waals surface area contributed by atoms with Gasteiger partial charge in [0.1, 0.15) is 0 Å². The van der Waals surface area contributed by atoms with Crippen molar-refractivity contribution in [3.8, 4) is 5.95 Å². The molecule has 0 aliphatic carbocycles. The molecule has 0 aliphatic rings. The number of benzene rings is 1. The van der Waals surface area contributed by atoms with Gasteiger partial charge in [0.2, 0.25) is 0 Å². The third kappa shape index (κ3) is 3.25. The molecule has 0 spiro atoms. The van der Waals surface area contributed by atoms with Crippen LogP contribution in [0.4, 0.5) is 5.95 Å². The van der Waals surface area contributed by atoms with Gasteiger partial charge >= 0.3 is 0 Å². The van der Waals surface area contributed by atoms with E-state index in [1.807, 2.05) is 38.1 Å². The SMILES string of the molecule is Cc1cc(C)n(-c2nnc(NCCc3ccccc3)nn2)n1. The summed E-state index contributed by atoms with van der Waals surface area (Å²) >= 11 is 0. The second-order valence-corrected chi connectivity index (χ2v) is 5.02. The molecule has 112 valence electrons. The molecule has 0 unspecified atom stereocenters. The molecule has 0 bridgehead atoms. The molecule has 1 aromatic carbocycles. The minimum atomic E-state index is 0.374. The zero-order valence-electron chi connectivity index (χ0n) is 12.6. The lowest BCUT2D eigenvalue weighted by atomic mass is 10.1. The van der Waals surface area contributed by atoms with Gasteiger partial charge in [-0.25, -0.2) is 4.68 Å². The molecule has 3 rings (SSSR count). The molecule has 0 radical (unpaired) electrons. The average Bonchev–Trinajstić information content (AvgIpc) is 2.88. The Labute approximate surface area is 128 Å². The highest BCUT2D eigenvalue weighted by Crippen LogP contribution is 2.06. The summed E-state index contributed by atoms with van der Waals surface area (Å²) in [4.78, 5) is 0. The Morgan fingerprint density at radius 1 is 1.00 bits per heavy atom. The van der Waals surface area contributed by atoms with Gasteiger partial charge in [0, 0.05) is 12.2 Å². The number of aryl methyl sites for hydroxylation is 2. The van der Waals surface area contributed by atoms with E-state index in [1.54, 1.807) is 4.68 Å². The standard InChI is InChI=1S/C15H17N7/c1-11-10-12(2)22(21-11)15-19-17-14(18-20-15)16-9-8-13-6-4-3-5-7-13/h3-7,10H,8-9H2,1-2H3,(H,16,17,18). The molecule has 0 saturated heterocycles. The lowest BCUT2D eigenvalue weighted by Gasteiger charge is -2.04. The maximum Gasteiger partial charge on any atom is 0.289 e. The molecule has 2 aromatic heterocycles. The predicted molar refractivity (Wildman–Crippen MR) is 82.9 cm³/mol. The molecule has 3 aromatic rings. The molecule has 0 fully saturated rings. The third-order valence-electron chi connectivity index (χ3n) is 3.21. The van der Waals surface area contributed by atoms with E-state index >= 15 is 0 Å². The van der Waals surface area contributed by atoms with Crippen molar-refractivity contribution >= 4 is 5.95 Å². The molecule has 0 saturated carbocycles. The van der Waals surface area contributed by atoms with Crippen LogP contribution in [-0.2, 0) is 6.42 Å². The number of nitrogens with zero attached hydrogens (tertiary/aromatic N) is 6. The van der Waals surface area contributed by atoms with Crippen molar-refractivity contribution < 1.29 is 0 Å². The molecule has 7 heteroatoms. The van der Waals surface area contributed by atoms with E-state index in [-0.39, 0.29) is 0 Å². The fourth-order valence-electron chi connectivity index (χ4n) is 2.17. The summed E-state index contributed by atoms with van der Waals surface area (Å²) in [6, 6.07) is 12.2. The van der Waals surface area contributed by atoms with Crippen molar-refractivity contribution in [1.29, 1.82) is 0 Å². The van der Waals surface area contributed by atoms with E-state index < -0.39 is 0 Å². The minimum Gasteiger partial charge on any atom is -0.351 e. The van der Waals surface area contributed by atoms with Gasteiger partial charge in [-0.15, -0.1) is 20.4 Å². The van der Waals surface area contributed by atoms with Crippen LogP contribution in [0, 0.1) is 13.8 Å². The predicted octanol–water partition coefficient (Wildman–Crippen LogP) is 1.72. The topological polar surface area (TPSA) is 81.4 Å². The summed E-state index contributed by atoms with van der Waals surface area (Å²) in [5, 5.41) is 23.6. The molecule has 1 N–H and O–H groups in total. The molecular weight excluding hydrogens is 278 g/mol. The number of aromatic nitrogens is 6.